The molecule has 0 aliphatic rings. The summed E-state index contributed by atoms with van der Waals surface area (Å²) >= 11 is 6.47. The number of rotatable bonds is 6. The third-order valence-electron chi connectivity index (χ3n) is 5.12. The molecule has 0 amide bonds. The standard InChI is InChI=1S/C21H26ClN3O2/c1-6-14(7-2)17-11-13(4)25-19(17)21(26)24(5)20(23-25)16-10-9-15(27-8-3)12-18(16)22/h9-12,14H,6-8H2,1-5H3. The van der Waals surface area contributed by atoms with E-state index < -0.39 is 0 Å². The first-order valence-corrected chi connectivity index (χ1v) is 9.82. The average Bonchev–Trinajstić information content (AvgIpc) is 2.97. The molecule has 3 aromatic rings. The van der Waals surface area contributed by atoms with Crippen molar-refractivity contribution in [3.05, 3.63) is 50.9 Å². The second-order valence-electron chi connectivity index (χ2n) is 6.78. The van der Waals surface area contributed by atoms with Crippen molar-refractivity contribution < 1.29 is 4.74 Å². The molecule has 0 fully saturated rings. The van der Waals surface area contributed by atoms with Gasteiger partial charge in [-0.3, -0.25) is 9.36 Å². The average molecular weight is 388 g/mol. The van der Waals surface area contributed by atoms with Gasteiger partial charge in [-0.2, -0.15) is 0 Å². The van der Waals surface area contributed by atoms with Crippen molar-refractivity contribution in [3.63, 3.8) is 0 Å². The van der Waals surface area contributed by atoms with Crippen LogP contribution < -0.4 is 10.3 Å². The molecule has 0 aliphatic heterocycles. The molecule has 0 atom stereocenters. The number of aromatic nitrogens is 3. The van der Waals surface area contributed by atoms with Gasteiger partial charge >= 0.3 is 0 Å². The van der Waals surface area contributed by atoms with E-state index in [4.69, 9.17) is 21.4 Å². The van der Waals surface area contributed by atoms with Crippen LogP contribution in [0.15, 0.2) is 29.1 Å². The zero-order valence-corrected chi connectivity index (χ0v) is 17.3. The first-order chi connectivity index (χ1) is 12.9. The highest BCUT2D eigenvalue weighted by atomic mass is 35.5. The summed E-state index contributed by atoms with van der Waals surface area (Å²) in [5.74, 6) is 1.59. The lowest BCUT2D eigenvalue weighted by molar-refractivity contribution is 0.340. The fraction of sp³-hybridized carbons (Fsp3) is 0.429. The Morgan fingerprint density at radius 3 is 2.48 bits per heavy atom. The van der Waals surface area contributed by atoms with E-state index in [-0.39, 0.29) is 5.56 Å². The summed E-state index contributed by atoms with van der Waals surface area (Å²) in [6, 6.07) is 7.54. The Kier molecular flexibility index (Phi) is 5.61. The van der Waals surface area contributed by atoms with E-state index in [0.717, 1.165) is 24.1 Å². The smallest absolute Gasteiger partial charge is 0.278 e. The van der Waals surface area contributed by atoms with Crippen molar-refractivity contribution >= 4 is 17.1 Å². The van der Waals surface area contributed by atoms with Crippen LogP contribution in [0.4, 0.5) is 0 Å². The van der Waals surface area contributed by atoms with Gasteiger partial charge in [0, 0.05) is 18.3 Å². The summed E-state index contributed by atoms with van der Waals surface area (Å²) in [7, 11) is 1.75. The van der Waals surface area contributed by atoms with Gasteiger partial charge < -0.3 is 4.74 Å². The molecule has 0 bridgehead atoms. The molecule has 0 aliphatic carbocycles. The molecule has 0 saturated carbocycles. The van der Waals surface area contributed by atoms with E-state index in [1.54, 1.807) is 22.2 Å². The van der Waals surface area contributed by atoms with Gasteiger partial charge in [0.15, 0.2) is 5.82 Å². The largest absolute Gasteiger partial charge is 0.494 e. The third-order valence-corrected chi connectivity index (χ3v) is 5.43. The molecule has 2 heterocycles. The predicted molar refractivity (Wildman–Crippen MR) is 110 cm³/mol. The highest BCUT2D eigenvalue weighted by molar-refractivity contribution is 6.33. The summed E-state index contributed by atoms with van der Waals surface area (Å²) < 4.78 is 8.84. The fourth-order valence-corrected chi connectivity index (χ4v) is 3.88. The van der Waals surface area contributed by atoms with Gasteiger partial charge in [0.2, 0.25) is 0 Å². The SMILES string of the molecule is CCOc1ccc(-c2nn3c(C)cc(C(CC)CC)c3c(=O)n2C)c(Cl)c1. The number of nitrogens with zero attached hydrogens (tertiary/aromatic N) is 3. The third kappa shape index (κ3) is 3.36. The van der Waals surface area contributed by atoms with Crippen molar-refractivity contribution in [1.82, 2.24) is 14.2 Å². The molecular weight excluding hydrogens is 362 g/mol. The van der Waals surface area contributed by atoms with E-state index in [1.165, 1.54) is 0 Å². The zero-order valence-electron chi connectivity index (χ0n) is 16.5. The fourth-order valence-electron chi connectivity index (χ4n) is 3.62. The second kappa shape index (κ2) is 7.77. The number of halogens is 1. The molecule has 0 N–H and O–H groups in total. The maximum Gasteiger partial charge on any atom is 0.278 e. The Labute approximate surface area is 164 Å². The quantitative estimate of drug-likeness (QED) is 0.600. The first kappa shape index (κ1) is 19.5. The van der Waals surface area contributed by atoms with E-state index in [0.29, 0.717) is 40.2 Å². The van der Waals surface area contributed by atoms with Gasteiger partial charge in [-0.25, -0.2) is 4.52 Å². The maximum atomic E-state index is 13.2. The van der Waals surface area contributed by atoms with E-state index in [9.17, 15) is 4.79 Å². The van der Waals surface area contributed by atoms with Crippen LogP contribution in [0.1, 0.15) is 50.8 Å². The summed E-state index contributed by atoms with van der Waals surface area (Å²) in [4.78, 5) is 13.2. The van der Waals surface area contributed by atoms with Crippen LogP contribution in [-0.4, -0.2) is 20.8 Å². The highest BCUT2D eigenvalue weighted by Crippen LogP contribution is 2.31. The Morgan fingerprint density at radius 1 is 1.19 bits per heavy atom. The predicted octanol–water partition coefficient (Wildman–Crippen LogP) is 4.96. The van der Waals surface area contributed by atoms with Crippen molar-refractivity contribution in [3.8, 4) is 17.1 Å². The van der Waals surface area contributed by atoms with Crippen LogP contribution >= 0.6 is 11.6 Å². The van der Waals surface area contributed by atoms with Crippen LogP contribution in [-0.2, 0) is 7.05 Å². The summed E-state index contributed by atoms with van der Waals surface area (Å²) in [6.45, 7) is 8.78. The second-order valence-corrected chi connectivity index (χ2v) is 7.18. The van der Waals surface area contributed by atoms with Gasteiger partial charge in [-0.1, -0.05) is 25.4 Å². The molecule has 0 spiro atoms. The van der Waals surface area contributed by atoms with Crippen molar-refractivity contribution in [1.29, 1.82) is 0 Å². The maximum absolute atomic E-state index is 13.2. The molecule has 2 aromatic heterocycles. The van der Waals surface area contributed by atoms with Crippen molar-refractivity contribution in [2.45, 2.75) is 46.5 Å². The van der Waals surface area contributed by atoms with Crippen LogP contribution in [0.2, 0.25) is 5.02 Å². The molecule has 6 heteroatoms. The molecule has 0 saturated heterocycles. The number of benzene rings is 1. The molecular formula is C21H26ClN3O2. The van der Waals surface area contributed by atoms with Crippen LogP contribution in [0.5, 0.6) is 5.75 Å². The van der Waals surface area contributed by atoms with E-state index >= 15 is 0 Å². The highest BCUT2D eigenvalue weighted by Gasteiger charge is 2.21. The number of fused-ring (bicyclic) bond motifs is 1. The topological polar surface area (TPSA) is 48.5 Å². The summed E-state index contributed by atoms with van der Waals surface area (Å²) in [6.07, 6.45) is 1.98. The Balaban J connectivity index is 2.24. The molecule has 0 unspecified atom stereocenters. The molecule has 3 rings (SSSR count). The van der Waals surface area contributed by atoms with Crippen LogP contribution in [0, 0.1) is 6.92 Å². The Bertz CT molecular complexity index is 1030. The van der Waals surface area contributed by atoms with Gasteiger partial charge in [0.1, 0.15) is 11.3 Å². The van der Waals surface area contributed by atoms with Crippen molar-refractivity contribution in [2.24, 2.45) is 7.05 Å². The minimum Gasteiger partial charge on any atom is -0.494 e. The Morgan fingerprint density at radius 2 is 1.89 bits per heavy atom. The first-order valence-electron chi connectivity index (χ1n) is 9.44. The van der Waals surface area contributed by atoms with Gasteiger partial charge in [-0.05, 0) is 62.4 Å². The van der Waals surface area contributed by atoms with Crippen molar-refractivity contribution in [2.75, 3.05) is 6.61 Å². The molecule has 1 aromatic carbocycles. The van der Waals surface area contributed by atoms with Crippen LogP contribution in [0.3, 0.4) is 0 Å². The number of hydrogen-bond donors (Lipinski definition) is 0. The van der Waals surface area contributed by atoms with Gasteiger partial charge in [0.05, 0.1) is 11.6 Å². The van der Waals surface area contributed by atoms with E-state index in [1.807, 2.05) is 26.0 Å². The summed E-state index contributed by atoms with van der Waals surface area (Å²) in [5.41, 5.74) is 3.34. The lowest BCUT2D eigenvalue weighted by Gasteiger charge is -2.14. The van der Waals surface area contributed by atoms with E-state index in [2.05, 4.69) is 19.9 Å². The molecule has 0 radical (unpaired) electrons. The molecule has 5 nitrogen and oxygen atoms in total. The minimum absolute atomic E-state index is 0.0556. The zero-order chi connectivity index (χ0) is 19.7. The minimum atomic E-state index is -0.0556. The van der Waals surface area contributed by atoms with Gasteiger partial charge in [0.25, 0.3) is 5.56 Å². The monoisotopic (exact) mass is 387 g/mol. The lowest BCUT2D eigenvalue weighted by atomic mass is 9.95. The molecule has 144 valence electrons. The number of ether oxygens (including phenoxy) is 1. The van der Waals surface area contributed by atoms with Crippen LogP contribution in [0.25, 0.3) is 16.9 Å². The molecule has 27 heavy (non-hydrogen) atoms. The summed E-state index contributed by atoms with van der Waals surface area (Å²) in [5, 5.41) is 5.28. The lowest BCUT2D eigenvalue weighted by Crippen LogP contribution is -2.24. The number of aryl methyl sites for hydroxylation is 1. The Hall–Kier alpha value is -2.27. The normalized spacial score (nSPS) is 11.5. The number of hydrogen-bond acceptors (Lipinski definition) is 3. The van der Waals surface area contributed by atoms with Gasteiger partial charge in [-0.15, -0.1) is 5.10 Å².